The van der Waals surface area contributed by atoms with E-state index in [1.807, 2.05) is 0 Å². The molecule has 22 heavy (non-hydrogen) atoms. The number of aliphatic carboxylic acids is 1. The van der Waals surface area contributed by atoms with Crippen LogP contribution in [-0.4, -0.2) is 81.9 Å². The topological polar surface area (TPSA) is 163 Å². The van der Waals surface area contributed by atoms with E-state index < -0.39 is 60.8 Å². The molecule has 1 amide bonds. The van der Waals surface area contributed by atoms with E-state index >= 15 is 0 Å². The average molecular weight is 321 g/mol. The third kappa shape index (κ3) is 3.59. The van der Waals surface area contributed by atoms with Gasteiger partial charge >= 0.3 is 5.97 Å². The molecule has 0 unspecified atom stereocenters. The van der Waals surface area contributed by atoms with Gasteiger partial charge in [-0.05, 0) is 0 Å². The monoisotopic (exact) mass is 321 g/mol. The summed E-state index contributed by atoms with van der Waals surface area (Å²) in [4.78, 5) is 34.6. The number of hydrogen-bond donors (Lipinski definition) is 5. The number of rotatable bonds is 6. The number of carbonyl (C=O) groups excluding carboxylic acids is 2. The molecule has 1 aliphatic heterocycles. The summed E-state index contributed by atoms with van der Waals surface area (Å²) in [6.07, 6.45) is -5.82. The Morgan fingerprint density at radius 1 is 1.50 bits per heavy atom. The van der Waals surface area contributed by atoms with Crippen LogP contribution in [-0.2, 0) is 23.9 Å². The summed E-state index contributed by atoms with van der Waals surface area (Å²) >= 11 is 0. The van der Waals surface area contributed by atoms with Gasteiger partial charge in [-0.15, -0.1) is 0 Å². The van der Waals surface area contributed by atoms with Gasteiger partial charge in [0.25, 0.3) is 5.79 Å². The number of aliphatic hydroxyl groups is 3. The number of amides is 1. The van der Waals surface area contributed by atoms with Crippen LogP contribution >= 0.6 is 0 Å². The van der Waals surface area contributed by atoms with Gasteiger partial charge in [0.15, 0.2) is 5.78 Å². The predicted molar refractivity (Wildman–Crippen MR) is 68.6 cm³/mol. The Labute approximate surface area is 125 Å². The van der Waals surface area contributed by atoms with Crippen LogP contribution in [0, 0.1) is 0 Å². The number of aliphatic hydroxyl groups excluding tert-OH is 3. The Kier molecular flexibility index (Phi) is 5.97. The van der Waals surface area contributed by atoms with Gasteiger partial charge in [0.05, 0.1) is 13.0 Å². The Balaban J connectivity index is 3.17. The summed E-state index contributed by atoms with van der Waals surface area (Å²) in [5.74, 6) is -5.30. The van der Waals surface area contributed by atoms with Crippen molar-refractivity contribution in [1.29, 1.82) is 0 Å². The zero-order valence-corrected chi connectivity index (χ0v) is 12.1. The lowest BCUT2D eigenvalue weighted by Crippen LogP contribution is -2.66. The van der Waals surface area contributed by atoms with Crippen LogP contribution in [0.25, 0.3) is 0 Å². The molecule has 0 aromatic heterocycles. The molecule has 0 aromatic carbocycles. The van der Waals surface area contributed by atoms with E-state index in [0.29, 0.717) is 0 Å². The minimum atomic E-state index is -2.34. The molecule has 10 heteroatoms. The molecule has 0 saturated carbocycles. The van der Waals surface area contributed by atoms with Crippen LogP contribution in [0.4, 0.5) is 0 Å². The van der Waals surface area contributed by atoms with Crippen molar-refractivity contribution in [2.45, 2.75) is 43.5 Å². The van der Waals surface area contributed by atoms with Crippen LogP contribution in [0.5, 0.6) is 0 Å². The molecule has 0 radical (unpaired) electrons. The largest absolute Gasteiger partial charge is 0.477 e. The third-order valence-electron chi connectivity index (χ3n) is 3.34. The second-order valence-electron chi connectivity index (χ2n) is 4.91. The van der Waals surface area contributed by atoms with Gasteiger partial charge in [-0.1, -0.05) is 0 Å². The molecule has 0 aliphatic carbocycles. The Morgan fingerprint density at radius 3 is 2.50 bits per heavy atom. The van der Waals surface area contributed by atoms with E-state index in [9.17, 15) is 29.7 Å². The van der Waals surface area contributed by atoms with Crippen LogP contribution in [0.15, 0.2) is 0 Å². The zero-order chi connectivity index (χ0) is 17.1. The molecule has 0 spiro atoms. The number of ketones is 1. The third-order valence-corrected chi connectivity index (χ3v) is 3.34. The number of Topliss-reactive ketones (excluding diaryl/α,β-unsaturated/α-hetero) is 1. The van der Waals surface area contributed by atoms with E-state index in [2.05, 4.69) is 5.32 Å². The van der Waals surface area contributed by atoms with Gasteiger partial charge in [0.1, 0.15) is 24.4 Å². The minimum absolute atomic E-state index is 0.613. The first kappa shape index (κ1) is 18.5. The van der Waals surface area contributed by atoms with Crippen molar-refractivity contribution in [1.82, 2.24) is 5.32 Å². The van der Waals surface area contributed by atoms with Crippen molar-refractivity contribution in [2.24, 2.45) is 0 Å². The standard InChI is InChI=1S/C12H19NO9/c1-5(15)13-8-6(16)3-12(21-2,11(19)20)22-10(8)9(18)7(17)4-14/h7-10,14,17-18H,3-4H2,1-2H3,(H,13,15)(H,19,20)/t7-,8-,9-,10-,12+/m1/s1. The smallest absolute Gasteiger partial charge is 0.364 e. The number of nitrogens with one attached hydrogen (secondary N) is 1. The van der Waals surface area contributed by atoms with Crippen LogP contribution in [0.3, 0.4) is 0 Å². The van der Waals surface area contributed by atoms with Crippen molar-refractivity contribution in [3.8, 4) is 0 Å². The first-order valence-corrected chi connectivity index (χ1v) is 6.41. The van der Waals surface area contributed by atoms with Gasteiger partial charge in [0, 0.05) is 14.0 Å². The molecule has 126 valence electrons. The molecule has 0 bridgehead atoms. The molecule has 1 fully saturated rings. The summed E-state index contributed by atoms with van der Waals surface area (Å²) in [6, 6.07) is -1.38. The van der Waals surface area contributed by atoms with E-state index in [4.69, 9.17) is 14.6 Å². The lowest BCUT2D eigenvalue weighted by molar-refractivity contribution is -0.281. The molecule has 5 atom stereocenters. The summed E-state index contributed by atoms with van der Waals surface area (Å²) < 4.78 is 9.92. The number of ether oxygens (including phenoxy) is 2. The highest BCUT2D eigenvalue weighted by Crippen LogP contribution is 2.30. The number of carbonyl (C=O) groups is 3. The Morgan fingerprint density at radius 2 is 2.09 bits per heavy atom. The maximum Gasteiger partial charge on any atom is 0.364 e. The average Bonchev–Trinajstić information content (AvgIpc) is 2.46. The Bertz CT molecular complexity index is 454. The second kappa shape index (κ2) is 7.11. The van der Waals surface area contributed by atoms with Gasteiger partial charge in [-0.2, -0.15) is 0 Å². The van der Waals surface area contributed by atoms with Crippen LogP contribution in [0.1, 0.15) is 13.3 Å². The fourth-order valence-electron chi connectivity index (χ4n) is 2.16. The van der Waals surface area contributed by atoms with Crippen molar-refractivity contribution in [3.05, 3.63) is 0 Å². The maximum atomic E-state index is 12.1. The fraction of sp³-hybridized carbons (Fsp3) is 0.750. The van der Waals surface area contributed by atoms with Crippen molar-refractivity contribution < 1.29 is 44.3 Å². The highest BCUT2D eigenvalue weighted by molar-refractivity contribution is 5.94. The maximum absolute atomic E-state index is 12.1. The van der Waals surface area contributed by atoms with Gasteiger partial charge in [-0.25, -0.2) is 4.79 Å². The number of carboxylic acid groups (broad SMARTS) is 1. The fourth-order valence-corrected chi connectivity index (χ4v) is 2.16. The predicted octanol–water partition coefficient (Wildman–Crippen LogP) is -3.01. The van der Waals surface area contributed by atoms with E-state index in [1.165, 1.54) is 0 Å². The summed E-state index contributed by atoms with van der Waals surface area (Å²) in [5.41, 5.74) is 0. The molecule has 0 aromatic rings. The van der Waals surface area contributed by atoms with E-state index in [-0.39, 0.29) is 0 Å². The van der Waals surface area contributed by atoms with Crippen LogP contribution < -0.4 is 5.32 Å². The molecule has 1 rings (SSSR count). The molecule has 1 heterocycles. The summed E-state index contributed by atoms with van der Waals surface area (Å²) in [6.45, 7) is 0.267. The van der Waals surface area contributed by atoms with Gasteiger partial charge in [0.2, 0.25) is 5.91 Å². The number of hydrogen-bond acceptors (Lipinski definition) is 8. The molecular formula is C12H19NO9. The molecule has 1 saturated heterocycles. The molecule has 5 N–H and O–H groups in total. The van der Waals surface area contributed by atoms with Crippen LogP contribution in [0.2, 0.25) is 0 Å². The van der Waals surface area contributed by atoms with Crippen molar-refractivity contribution >= 4 is 17.7 Å². The summed E-state index contributed by atoms with van der Waals surface area (Å²) in [5, 5.41) is 39.8. The quantitative estimate of drug-likeness (QED) is 0.343. The van der Waals surface area contributed by atoms with Gasteiger partial charge in [-0.3, -0.25) is 9.59 Å². The Hall–Kier alpha value is -1.59. The highest BCUT2D eigenvalue weighted by Gasteiger charge is 2.55. The summed E-state index contributed by atoms with van der Waals surface area (Å²) in [7, 11) is 1.01. The first-order chi connectivity index (χ1) is 10.2. The molecule has 1 aliphatic rings. The molecule has 10 nitrogen and oxygen atoms in total. The first-order valence-electron chi connectivity index (χ1n) is 6.41. The highest BCUT2D eigenvalue weighted by atomic mass is 16.7. The normalized spacial score (nSPS) is 31.4. The van der Waals surface area contributed by atoms with E-state index in [1.54, 1.807) is 0 Å². The second-order valence-corrected chi connectivity index (χ2v) is 4.91. The SMILES string of the molecule is CO[C@@]1(C(=O)O)CC(=O)[C@@H](NC(C)=O)[C@H]([C@H](O)[C@H](O)CO)O1. The lowest BCUT2D eigenvalue weighted by Gasteiger charge is -2.42. The minimum Gasteiger partial charge on any atom is -0.477 e. The number of carboxylic acids is 1. The van der Waals surface area contributed by atoms with Gasteiger partial charge < -0.3 is 35.2 Å². The number of methoxy groups -OCH3 is 1. The van der Waals surface area contributed by atoms with Crippen molar-refractivity contribution in [2.75, 3.05) is 13.7 Å². The zero-order valence-electron chi connectivity index (χ0n) is 12.1. The van der Waals surface area contributed by atoms with Crippen molar-refractivity contribution in [3.63, 3.8) is 0 Å². The lowest BCUT2D eigenvalue weighted by atomic mass is 9.90. The van der Waals surface area contributed by atoms with E-state index in [0.717, 1.165) is 14.0 Å². The molecular weight excluding hydrogens is 302 g/mol.